The van der Waals surface area contributed by atoms with E-state index in [4.69, 9.17) is 9.47 Å². The summed E-state index contributed by atoms with van der Waals surface area (Å²) in [6.07, 6.45) is 2.62. The SMILES string of the molecule is CC(C)NC(=O)C1CCCc2sc(NC(=O)c3ccc4c(c3)OCO4)nc21. The standard InChI is InChI=1S/C19H21N3O4S/c1-10(2)20-18(24)12-4-3-5-15-16(12)21-19(27-15)22-17(23)11-6-7-13-14(8-11)26-9-25-13/h6-8,10,12H,3-5,9H2,1-2H3,(H,20,24)(H,21,22,23). The molecule has 1 unspecified atom stereocenters. The van der Waals surface area contributed by atoms with E-state index >= 15 is 0 Å². The summed E-state index contributed by atoms with van der Waals surface area (Å²) in [7, 11) is 0. The van der Waals surface area contributed by atoms with Crippen LogP contribution in [-0.2, 0) is 11.2 Å². The molecule has 8 heteroatoms. The third kappa shape index (κ3) is 3.62. The van der Waals surface area contributed by atoms with E-state index in [-0.39, 0.29) is 30.6 Å². The van der Waals surface area contributed by atoms with Gasteiger partial charge in [-0.05, 0) is 51.3 Å². The lowest BCUT2D eigenvalue weighted by molar-refractivity contribution is -0.123. The van der Waals surface area contributed by atoms with Gasteiger partial charge in [0.05, 0.1) is 11.6 Å². The molecule has 2 amide bonds. The molecule has 0 bridgehead atoms. The Bertz CT molecular complexity index is 893. The quantitative estimate of drug-likeness (QED) is 0.842. The van der Waals surface area contributed by atoms with Gasteiger partial charge in [-0.2, -0.15) is 0 Å². The van der Waals surface area contributed by atoms with Crippen LogP contribution in [0.25, 0.3) is 0 Å². The molecule has 2 aliphatic rings. The summed E-state index contributed by atoms with van der Waals surface area (Å²) in [5, 5.41) is 6.33. The highest BCUT2D eigenvalue weighted by atomic mass is 32.1. The van der Waals surface area contributed by atoms with Crippen LogP contribution < -0.4 is 20.1 Å². The lowest BCUT2D eigenvalue weighted by atomic mass is 9.90. The zero-order chi connectivity index (χ0) is 19.0. The zero-order valence-electron chi connectivity index (χ0n) is 15.2. The van der Waals surface area contributed by atoms with Crippen LogP contribution in [0.3, 0.4) is 0 Å². The molecule has 7 nitrogen and oxygen atoms in total. The molecule has 1 aromatic heterocycles. The molecule has 142 valence electrons. The first kappa shape index (κ1) is 17.8. The number of amides is 2. The summed E-state index contributed by atoms with van der Waals surface area (Å²) in [6.45, 7) is 4.05. The second kappa shape index (κ2) is 7.19. The number of nitrogens with zero attached hydrogens (tertiary/aromatic N) is 1. The smallest absolute Gasteiger partial charge is 0.257 e. The fraction of sp³-hybridized carbons (Fsp3) is 0.421. The first-order chi connectivity index (χ1) is 13.0. The molecule has 0 spiro atoms. The van der Waals surface area contributed by atoms with Gasteiger partial charge in [-0.3, -0.25) is 14.9 Å². The highest BCUT2D eigenvalue weighted by Gasteiger charge is 2.31. The Labute approximate surface area is 161 Å². The van der Waals surface area contributed by atoms with Crippen LogP contribution in [0.5, 0.6) is 11.5 Å². The number of hydrogen-bond acceptors (Lipinski definition) is 6. The van der Waals surface area contributed by atoms with Gasteiger partial charge in [0, 0.05) is 16.5 Å². The largest absolute Gasteiger partial charge is 0.454 e. The highest BCUT2D eigenvalue weighted by Crippen LogP contribution is 2.37. The second-order valence-corrected chi connectivity index (χ2v) is 8.04. The summed E-state index contributed by atoms with van der Waals surface area (Å²) in [6, 6.07) is 5.15. The van der Waals surface area contributed by atoms with Gasteiger partial charge in [-0.1, -0.05) is 0 Å². The minimum Gasteiger partial charge on any atom is -0.454 e. The van der Waals surface area contributed by atoms with E-state index in [0.717, 1.165) is 29.8 Å². The Hall–Kier alpha value is -2.61. The zero-order valence-corrected chi connectivity index (χ0v) is 16.0. The van der Waals surface area contributed by atoms with E-state index in [9.17, 15) is 9.59 Å². The number of hydrogen-bond donors (Lipinski definition) is 2. The summed E-state index contributed by atoms with van der Waals surface area (Å²) in [5.41, 5.74) is 1.27. The Balaban J connectivity index is 1.51. The normalized spacial score (nSPS) is 17.5. The van der Waals surface area contributed by atoms with Crippen molar-refractivity contribution in [2.45, 2.75) is 45.1 Å². The predicted molar refractivity (Wildman–Crippen MR) is 102 cm³/mol. The molecule has 2 aromatic rings. The minimum atomic E-state index is -0.262. The molecular formula is C19H21N3O4S. The van der Waals surface area contributed by atoms with Crippen LogP contribution in [0.1, 0.15) is 53.5 Å². The number of rotatable bonds is 4. The minimum absolute atomic E-state index is 0.00453. The fourth-order valence-electron chi connectivity index (χ4n) is 3.32. The van der Waals surface area contributed by atoms with Crippen molar-refractivity contribution in [1.82, 2.24) is 10.3 Å². The number of carbonyl (C=O) groups excluding carboxylic acids is 2. The molecule has 0 fully saturated rings. The van der Waals surface area contributed by atoms with Crippen LogP contribution >= 0.6 is 11.3 Å². The molecule has 1 aromatic carbocycles. The number of ether oxygens (including phenoxy) is 2. The van der Waals surface area contributed by atoms with Crippen LogP contribution in [-0.4, -0.2) is 29.6 Å². The maximum Gasteiger partial charge on any atom is 0.257 e. The molecule has 1 atom stereocenters. The highest BCUT2D eigenvalue weighted by molar-refractivity contribution is 7.16. The Morgan fingerprint density at radius 1 is 1.26 bits per heavy atom. The summed E-state index contributed by atoms with van der Waals surface area (Å²) < 4.78 is 10.6. The van der Waals surface area contributed by atoms with E-state index < -0.39 is 0 Å². The number of aromatic nitrogens is 1. The average molecular weight is 387 g/mol. The van der Waals surface area contributed by atoms with Gasteiger partial charge in [-0.15, -0.1) is 11.3 Å². The number of benzene rings is 1. The van der Waals surface area contributed by atoms with Gasteiger partial charge in [0.25, 0.3) is 5.91 Å². The van der Waals surface area contributed by atoms with Crippen molar-refractivity contribution in [3.05, 3.63) is 34.3 Å². The van der Waals surface area contributed by atoms with Crippen LogP contribution in [0.4, 0.5) is 5.13 Å². The van der Waals surface area contributed by atoms with Gasteiger partial charge in [0.1, 0.15) is 0 Å². The first-order valence-electron chi connectivity index (χ1n) is 9.02. The molecule has 27 heavy (non-hydrogen) atoms. The van der Waals surface area contributed by atoms with E-state index in [1.54, 1.807) is 18.2 Å². The third-order valence-corrected chi connectivity index (χ3v) is 5.60. The van der Waals surface area contributed by atoms with E-state index in [1.165, 1.54) is 11.3 Å². The third-order valence-electron chi connectivity index (χ3n) is 4.56. The monoisotopic (exact) mass is 387 g/mol. The van der Waals surface area contributed by atoms with Gasteiger partial charge in [0.2, 0.25) is 12.7 Å². The van der Waals surface area contributed by atoms with Crippen LogP contribution in [0.15, 0.2) is 18.2 Å². The van der Waals surface area contributed by atoms with Crippen LogP contribution in [0, 0.1) is 0 Å². The van der Waals surface area contributed by atoms with Gasteiger partial charge in [0.15, 0.2) is 16.6 Å². The summed E-state index contributed by atoms with van der Waals surface area (Å²) in [4.78, 5) is 30.7. The van der Waals surface area contributed by atoms with Crippen molar-refractivity contribution in [2.24, 2.45) is 0 Å². The number of thiazole rings is 1. The van der Waals surface area contributed by atoms with Crippen molar-refractivity contribution in [2.75, 3.05) is 12.1 Å². The molecule has 0 saturated carbocycles. The lowest BCUT2D eigenvalue weighted by Crippen LogP contribution is -2.35. The molecular weight excluding hydrogens is 366 g/mol. The maximum absolute atomic E-state index is 12.6. The number of fused-ring (bicyclic) bond motifs is 2. The maximum atomic E-state index is 12.6. The van der Waals surface area contributed by atoms with E-state index in [0.29, 0.717) is 22.2 Å². The topological polar surface area (TPSA) is 89.6 Å². The molecule has 0 radical (unpaired) electrons. The molecule has 1 aliphatic heterocycles. The average Bonchev–Trinajstić information content (AvgIpc) is 3.25. The lowest BCUT2D eigenvalue weighted by Gasteiger charge is -2.21. The van der Waals surface area contributed by atoms with Crippen molar-refractivity contribution in [1.29, 1.82) is 0 Å². The predicted octanol–water partition coefficient (Wildman–Crippen LogP) is 3.07. The van der Waals surface area contributed by atoms with Crippen molar-refractivity contribution >= 4 is 28.3 Å². The second-order valence-electron chi connectivity index (χ2n) is 6.96. The summed E-state index contributed by atoms with van der Waals surface area (Å²) in [5.74, 6) is 0.692. The molecule has 0 saturated heterocycles. The first-order valence-corrected chi connectivity index (χ1v) is 9.84. The van der Waals surface area contributed by atoms with Crippen molar-refractivity contribution in [3.8, 4) is 11.5 Å². The van der Waals surface area contributed by atoms with Gasteiger partial charge in [-0.25, -0.2) is 4.98 Å². The van der Waals surface area contributed by atoms with Crippen molar-refractivity contribution < 1.29 is 19.1 Å². The number of nitrogens with one attached hydrogen (secondary N) is 2. The number of anilines is 1. The molecule has 2 N–H and O–H groups in total. The Kier molecular flexibility index (Phi) is 4.73. The Morgan fingerprint density at radius 2 is 2.07 bits per heavy atom. The van der Waals surface area contributed by atoms with Gasteiger partial charge >= 0.3 is 0 Å². The molecule has 4 rings (SSSR count). The van der Waals surface area contributed by atoms with Gasteiger partial charge < -0.3 is 14.8 Å². The van der Waals surface area contributed by atoms with Crippen molar-refractivity contribution in [3.63, 3.8) is 0 Å². The van der Waals surface area contributed by atoms with Crippen LogP contribution in [0.2, 0.25) is 0 Å². The Morgan fingerprint density at radius 3 is 2.89 bits per heavy atom. The van der Waals surface area contributed by atoms with E-state index in [1.807, 2.05) is 13.8 Å². The molecule has 2 heterocycles. The van der Waals surface area contributed by atoms with E-state index in [2.05, 4.69) is 15.6 Å². The molecule has 1 aliphatic carbocycles. The summed E-state index contributed by atoms with van der Waals surface area (Å²) >= 11 is 1.44. The number of carbonyl (C=O) groups is 2. The number of aryl methyl sites for hydroxylation is 1. The fourth-order valence-corrected chi connectivity index (χ4v) is 4.38.